The van der Waals surface area contributed by atoms with E-state index in [-0.39, 0.29) is 47.8 Å². The van der Waals surface area contributed by atoms with Crippen LogP contribution in [-0.4, -0.2) is 95.7 Å². The monoisotopic (exact) mass is 576 g/mol. The van der Waals surface area contributed by atoms with E-state index in [9.17, 15) is 19.2 Å². The van der Waals surface area contributed by atoms with Gasteiger partial charge in [-0.15, -0.1) is 0 Å². The van der Waals surface area contributed by atoms with E-state index in [0.717, 1.165) is 35.5 Å². The van der Waals surface area contributed by atoms with E-state index in [1.165, 1.54) is 0 Å². The number of hydrogen-bond donors (Lipinski definition) is 0. The third kappa shape index (κ3) is 5.93. The molecule has 224 valence electrons. The number of urea groups is 2. The zero-order chi connectivity index (χ0) is 30.0. The molecule has 0 radical (unpaired) electrons. The number of Topliss-reactive ketones (excluding diaryl/α,β-unsaturated/α-hetero) is 2. The van der Waals surface area contributed by atoms with Crippen LogP contribution in [-0.2, 0) is 22.7 Å². The highest BCUT2D eigenvalue weighted by Crippen LogP contribution is 2.34. The van der Waals surface area contributed by atoms with Crippen molar-refractivity contribution in [2.24, 2.45) is 0 Å². The van der Waals surface area contributed by atoms with Gasteiger partial charge in [-0.25, -0.2) is 9.59 Å². The number of benzene rings is 2. The highest BCUT2D eigenvalue weighted by molar-refractivity contribution is 5.85. The topological polar surface area (TPSA) is 99.7 Å². The van der Waals surface area contributed by atoms with Gasteiger partial charge in [-0.1, -0.05) is 24.3 Å². The summed E-state index contributed by atoms with van der Waals surface area (Å²) in [4.78, 5) is 55.3. The summed E-state index contributed by atoms with van der Waals surface area (Å²) in [6, 6.07) is 16.0. The summed E-state index contributed by atoms with van der Waals surface area (Å²) < 4.78 is 10.3. The molecule has 10 heteroatoms. The van der Waals surface area contributed by atoms with Crippen molar-refractivity contribution >= 4 is 23.6 Å². The van der Waals surface area contributed by atoms with Crippen LogP contribution in [0.15, 0.2) is 48.5 Å². The zero-order valence-corrected chi connectivity index (χ0v) is 24.8. The summed E-state index contributed by atoms with van der Waals surface area (Å²) in [5.74, 6) is 2.15. The van der Waals surface area contributed by atoms with Gasteiger partial charge in [0.15, 0.2) is 0 Å². The predicted octanol–water partition coefficient (Wildman–Crippen LogP) is 4.11. The number of carbonyl (C=O) groups is 4. The average molecular weight is 577 g/mol. The molecule has 2 saturated carbocycles. The van der Waals surface area contributed by atoms with Gasteiger partial charge < -0.3 is 29.1 Å². The third-order valence-corrected chi connectivity index (χ3v) is 9.11. The first-order chi connectivity index (χ1) is 20.2. The maximum Gasteiger partial charge on any atom is 0.320 e. The van der Waals surface area contributed by atoms with Crippen LogP contribution in [0.2, 0.25) is 0 Å². The maximum absolute atomic E-state index is 12.4. The third-order valence-electron chi connectivity index (χ3n) is 9.11. The minimum atomic E-state index is 0.0236. The highest BCUT2D eigenvalue weighted by Gasteiger charge is 2.47. The number of rotatable bonds is 6. The summed E-state index contributed by atoms with van der Waals surface area (Å²) in [5.41, 5.74) is 2.16. The molecule has 4 fully saturated rings. The molecule has 10 nitrogen and oxygen atoms in total. The standard InChI is InChI=1S/2C16H20N2O3/c2*1-17-15-9-12(19)5-8-14(15)18(16(17)20)10-11-3-6-13(21-2)7-4-11/h2*3-4,6-7,14-15H,5,8-10H2,1-2H3/t2*14-,15-/m10/s1. The Morgan fingerprint density at radius 2 is 0.952 bits per heavy atom. The van der Waals surface area contributed by atoms with Crippen molar-refractivity contribution in [1.82, 2.24) is 19.6 Å². The Labute approximate surface area is 247 Å². The summed E-state index contributed by atoms with van der Waals surface area (Å²) in [7, 11) is 6.87. The Hall–Kier alpha value is -4.08. The first-order valence-electron chi connectivity index (χ1n) is 14.6. The second-order valence-corrected chi connectivity index (χ2v) is 11.6. The van der Waals surface area contributed by atoms with E-state index in [4.69, 9.17) is 9.47 Å². The van der Waals surface area contributed by atoms with Crippen LogP contribution >= 0.6 is 0 Å². The van der Waals surface area contributed by atoms with Crippen LogP contribution in [0.3, 0.4) is 0 Å². The van der Waals surface area contributed by atoms with Crippen molar-refractivity contribution in [2.75, 3.05) is 28.3 Å². The molecule has 2 aliphatic carbocycles. The van der Waals surface area contributed by atoms with E-state index in [1.54, 1.807) is 38.1 Å². The van der Waals surface area contributed by atoms with E-state index in [1.807, 2.05) is 58.3 Å². The first-order valence-corrected chi connectivity index (χ1v) is 14.6. The molecule has 2 aromatic rings. The Morgan fingerprint density at radius 3 is 1.29 bits per heavy atom. The van der Waals surface area contributed by atoms with Crippen LogP contribution in [0.4, 0.5) is 9.59 Å². The largest absolute Gasteiger partial charge is 0.497 e. The van der Waals surface area contributed by atoms with Gasteiger partial charge >= 0.3 is 12.1 Å². The SMILES string of the molecule is COc1ccc(CN2C(=O)N(C)[C@@H]3CC(=O)CC[C@H]32)cc1.COc1ccc(CN2C(=O)N(C)[C@H]3CC(=O)CC[C@@H]32)cc1. The van der Waals surface area contributed by atoms with E-state index in [0.29, 0.717) is 38.8 Å². The lowest BCUT2D eigenvalue weighted by molar-refractivity contribution is -0.122. The number of ketones is 2. The van der Waals surface area contributed by atoms with Crippen molar-refractivity contribution in [3.05, 3.63) is 59.7 Å². The summed E-state index contributed by atoms with van der Waals surface area (Å²) in [6.45, 7) is 1.17. The Balaban J connectivity index is 0.000000168. The molecule has 2 saturated heterocycles. The number of methoxy groups -OCH3 is 2. The molecular weight excluding hydrogens is 536 g/mol. The van der Waals surface area contributed by atoms with Gasteiger partial charge in [0.05, 0.1) is 38.4 Å². The average Bonchev–Trinajstić information content (AvgIpc) is 3.37. The van der Waals surface area contributed by atoms with Gasteiger partial charge in [-0.05, 0) is 48.2 Å². The molecule has 2 aliphatic heterocycles. The van der Waals surface area contributed by atoms with Gasteiger partial charge in [0.25, 0.3) is 0 Å². The Morgan fingerprint density at radius 1 is 0.595 bits per heavy atom. The molecule has 2 heterocycles. The second-order valence-electron chi connectivity index (χ2n) is 11.6. The van der Waals surface area contributed by atoms with Crippen LogP contribution in [0.25, 0.3) is 0 Å². The lowest BCUT2D eigenvalue weighted by atomic mass is 9.89. The summed E-state index contributed by atoms with van der Waals surface area (Å²) in [5, 5.41) is 0. The van der Waals surface area contributed by atoms with Gasteiger partial charge in [0.2, 0.25) is 0 Å². The molecule has 4 aliphatic rings. The Kier molecular flexibility index (Phi) is 8.70. The van der Waals surface area contributed by atoms with E-state index < -0.39 is 0 Å². The fourth-order valence-electron chi connectivity index (χ4n) is 6.66. The van der Waals surface area contributed by atoms with Crippen molar-refractivity contribution < 1.29 is 28.7 Å². The molecule has 0 spiro atoms. The van der Waals surface area contributed by atoms with Gasteiger partial charge in [-0.3, -0.25) is 9.59 Å². The van der Waals surface area contributed by atoms with Crippen LogP contribution in [0, 0.1) is 0 Å². The maximum atomic E-state index is 12.4. The number of nitrogens with zero attached hydrogens (tertiary/aromatic N) is 4. The minimum Gasteiger partial charge on any atom is -0.497 e. The van der Waals surface area contributed by atoms with Gasteiger partial charge in [0.1, 0.15) is 23.1 Å². The van der Waals surface area contributed by atoms with E-state index in [2.05, 4.69) is 0 Å². The number of carbonyl (C=O) groups excluding carboxylic acids is 4. The molecule has 6 rings (SSSR count). The number of amides is 4. The molecule has 2 aromatic carbocycles. The van der Waals surface area contributed by atoms with Crippen molar-refractivity contribution in [1.29, 1.82) is 0 Å². The smallest absolute Gasteiger partial charge is 0.320 e. The molecule has 0 unspecified atom stereocenters. The molecule has 0 aromatic heterocycles. The van der Waals surface area contributed by atoms with Crippen LogP contribution < -0.4 is 9.47 Å². The molecule has 4 atom stereocenters. The van der Waals surface area contributed by atoms with Crippen molar-refractivity contribution in [2.45, 2.75) is 75.8 Å². The van der Waals surface area contributed by atoms with Gasteiger partial charge in [-0.2, -0.15) is 0 Å². The van der Waals surface area contributed by atoms with Gasteiger partial charge in [0, 0.05) is 52.9 Å². The molecule has 0 N–H and O–H groups in total. The number of hydrogen-bond acceptors (Lipinski definition) is 6. The number of ether oxygens (including phenoxy) is 2. The Bertz CT molecular complexity index is 1210. The predicted molar refractivity (Wildman–Crippen MR) is 156 cm³/mol. The number of fused-ring (bicyclic) bond motifs is 2. The number of likely N-dealkylation sites (N-methyl/N-ethyl adjacent to an activating group) is 2. The quantitative estimate of drug-likeness (QED) is 0.513. The fourth-order valence-corrected chi connectivity index (χ4v) is 6.66. The van der Waals surface area contributed by atoms with Crippen LogP contribution in [0.1, 0.15) is 49.7 Å². The van der Waals surface area contributed by atoms with Crippen LogP contribution in [0.5, 0.6) is 11.5 Å². The molecule has 4 amide bonds. The second kappa shape index (κ2) is 12.4. The minimum absolute atomic E-state index is 0.0236. The summed E-state index contributed by atoms with van der Waals surface area (Å²) in [6.07, 6.45) is 3.70. The lowest BCUT2D eigenvalue weighted by Gasteiger charge is -2.30. The zero-order valence-electron chi connectivity index (χ0n) is 24.8. The van der Waals surface area contributed by atoms with Crippen molar-refractivity contribution in [3.8, 4) is 11.5 Å². The van der Waals surface area contributed by atoms with E-state index >= 15 is 0 Å². The fraction of sp³-hybridized carbons (Fsp3) is 0.500. The lowest BCUT2D eigenvalue weighted by Crippen LogP contribution is -2.41. The normalized spacial score (nSPS) is 25.2. The molecule has 42 heavy (non-hydrogen) atoms. The first kappa shape index (κ1) is 29.4. The highest BCUT2D eigenvalue weighted by atomic mass is 16.5. The van der Waals surface area contributed by atoms with Crippen molar-refractivity contribution in [3.63, 3.8) is 0 Å². The molecule has 0 bridgehead atoms. The molecular formula is C32H40N4O6. The summed E-state index contributed by atoms with van der Waals surface area (Å²) >= 11 is 0.